The van der Waals surface area contributed by atoms with E-state index in [1.807, 2.05) is 13.8 Å². The molecular formula is C21H23FN4O2. The molecule has 1 aromatic carbocycles. The number of anilines is 2. The molecule has 1 fully saturated rings. The zero-order chi connectivity index (χ0) is 19.8. The van der Waals surface area contributed by atoms with Crippen LogP contribution >= 0.6 is 0 Å². The quantitative estimate of drug-likeness (QED) is 0.737. The normalized spacial score (nSPS) is 17.1. The van der Waals surface area contributed by atoms with Gasteiger partial charge in [0.1, 0.15) is 23.7 Å². The Morgan fingerprint density at radius 1 is 1.29 bits per heavy atom. The summed E-state index contributed by atoms with van der Waals surface area (Å²) < 4.78 is 19.0. The van der Waals surface area contributed by atoms with Crippen LogP contribution in [0.3, 0.4) is 0 Å². The van der Waals surface area contributed by atoms with Crippen LogP contribution < -0.4 is 10.2 Å². The van der Waals surface area contributed by atoms with Gasteiger partial charge < -0.3 is 14.6 Å². The molecule has 146 valence electrons. The average molecular weight is 382 g/mol. The molecule has 3 aromatic rings. The Labute approximate surface area is 162 Å². The molecule has 28 heavy (non-hydrogen) atoms. The number of carbonyl (C=O) groups excluding carboxylic acids is 1. The van der Waals surface area contributed by atoms with E-state index in [1.54, 1.807) is 13.0 Å². The van der Waals surface area contributed by atoms with E-state index >= 15 is 0 Å². The molecule has 0 bridgehead atoms. The summed E-state index contributed by atoms with van der Waals surface area (Å²) in [5, 5.41) is 3.86. The molecule has 0 unspecified atom stereocenters. The van der Waals surface area contributed by atoms with Crippen molar-refractivity contribution in [2.45, 2.75) is 33.6 Å². The number of aryl methyl sites for hydroxylation is 3. The molecule has 3 heterocycles. The number of aromatic nitrogens is 2. The fourth-order valence-corrected chi connectivity index (χ4v) is 3.79. The van der Waals surface area contributed by atoms with Crippen molar-refractivity contribution < 1.29 is 13.6 Å². The van der Waals surface area contributed by atoms with E-state index in [4.69, 9.17) is 4.42 Å². The third kappa shape index (κ3) is 3.32. The van der Waals surface area contributed by atoms with Gasteiger partial charge in [-0.25, -0.2) is 14.4 Å². The maximum atomic E-state index is 13.3. The maximum absolute atomic E-state index is 13.3. The minimum absolute atomic E-state index is 0.0511. The van der Waals surface area contributed by atoms with Gasteiger partial charge in [0.25, 0.3) is 0 Å². The number of piperidine rings is 1. The fraction of sp³-hybridized carbons (Fsp3) is 0.381. The summed E-state index contributed by atoms with van der Waals surface area (Å²) in [6.07, 6.45) is 3.20. The Bertz CT molecular complexity index is 1050. The molecule has 4 rings (SSSR count). The van der Waals surface area contributed by atoms with E-state index in [1.165, 1.54) is 18.5 Å². The number of nitrogens with one attached hydrogen (secondary N) is 1. The minimum atomic E-state index is -0.308. The first-order valence-corrected chi connectivity index (χ1v) is 9.46. The van der Waals surface area contributed by atoms with Crippen molar-refractivity contribution in [2.24, 2.45) is 5.92 Å². The minimum Gasteiger partial charge on any atom is -0.443 e. The second-order valence-electron chi connectivity index (χ2n) is 7.39. The summed E-state index contributed by atoms with van der Waals surface area (Å²) in [5.74, 6) is 1.11. The van der Waals surface area contributed by atoms with Gasteiger partial charge >= 0.3 is 0 Å². The van der Waals surface area contributed by atoms with Gasteiger partial charge in [-0.15, -0.1) is 0 Å². The lowest BCUT2D eigenvalue weighted by Crippen LogP contribution is -2.41. The van der Waals surface area contributed by atoms with Gasteiger partial charge in [0.2, 0.25) is 11.6 Å². The molecule has 1 aliphatic heterocycles. The molecule has 1 saturated heterocycles. The number of hydrogen-bond acceptors (Lipinski definition) is 5. The van der Waals surface area contributed by atoms with Crippen LogP contribution in [0.2, 0.25) is 0 Å². The standard InChI is InChI=1S/C21H23FN4O2/c1-12-9-16(22)6-7-17(12)25-20(27)15-5-4-8-26(10-15)19-18-13(2)14(3)28-21(18)24-11-23-19/h6-7,9,11,15H,4-5,8,10H2,1-3H3,(H,25,27)/t15-/m0/s1. The van der Waals surface area contributed by atoms with Gasteiger partial charge in [-0.2, -0.15) is 0 Å². The molecule has 0 spiro atoms. The molecule has 0 radical (unpaired) electrons. The lowest BCUT2D eigenvalue weighted by molar-refractivity contribution is -0.120. The van der Waals surface area contributed by atoms with Gasteiger partial charge in [-0.05, 0) is 57.4 Å². The lowest BCUT2D eigenvalue weighted by atomic mass is 9.96. The van der Waals surface area contributed by atoms with Crippen LogP contribution in [0.25, 0.3) is 11.1 Å². The van der Waals surface area contributed by atoms with E-state index in [-0.39, 0.29) is 17.6 Å². The second-order valence-corrected chi connectivity index (χ2v) is 7.39. The van der Waals surface area contributed by atoms with Crippen molar-refractivity contribution in [1.29, 1.82) is 0 Å². The van der Waals surface area contributed by atoms with E-state index in [0.717, 1.165) is 41.9 Å². The number of carbonyl (C=O) groups is 1. The zero-order valence-corrected chi connectivity index (χ0v) is 16.3. The third-order valence-corrected chi connectivity index (χ3v) is 5.48. The zero-order valence-electron chi connectivity index (χ0n) is 16.3. The highest BCUT2D eigenvalue weighted by Crippen LogP contribution is 2.33. The second kappa shape index (κ2) is 7.22. The van der Waals surface area contributed by atoms with Crippen molar-refractivity contribution >= 4 is 28.5 Å². The molecular weight excluding hydrogens is 359 g/mol. The van der Waals surface area contributed by atoms with E-state index in [2.05, 4.69) is 20.2 Å². The van der Waals surface area contributed by atoms with Gasteiger partial charge in [-0.1, -0.05) is 0 Å². The number of hydrogen-bond donors (Lipinski definition) is 1. The number of furan rings is 1. The Balaban J connectivity index is 1.56. The number of amides is 1. The van der Waals surface area contributed by atoms with Gasteiger partial charge in [-0.3, -0.25) is 4.79 Å². The van der Waals surface area contributed by atoms with Gasteiger partial charge in [0, 0.05) is 24.3 Å². The third-order valence-electron chi connectivity index (χ3n) is 5.48. The van der Waals surface area contributed by atoms with Crippen molar-refractivity contribution in [3.8, 4) is 0 Å². The highest BCUT2D eigenvalue weighted by atomic mass is 19.1. The van der Waals surface area contributed by atoms with Crippen molar-refractivity contribution in [3.63, 3.8) is 0 Å². The average Bonchev–Trinajstić information content (AvgIpc) is 2.98. The molecule has 1 aliphatic rings. The smallest absolute Gasteiger partial charge is 0.231 e. The Kier molecular flexibility index (Phi) is 4.75. The number of halogens is 1. The molecule has 0 aliphatic carbocycles. The summed E-state index contributed by atoms with van der Waals surface area (Å²) in [4.78, 5) is 23.7. The molecule has 2 aromatic heterocycles. The molecule has 7 heteroatoms. The number of benzene rings is 1. The van der Waals surface area contributed by atoms with Crippen LogP contribution in [0.5, 0.6) is 0 Å². The highest BCUT2D eigenvalue weighted by molar-refractivity contribution is 5.94. The molecule has 6 nitrogen and oxygen atoms in total. The van der Waals surface area contributed by atoms with Crippen molar-refractivity contribution in [2.75, 3.05) is 23.3 Å². The number of rotatable bonds is 3. The molecule has 1 N–H and O–H groups in total. The Hall–Kier alpha value is -2.96. The van der Waals surface area contributed by atoms with E-state index in [9.17, 15) is 9.18 Å². The largest absolute Gasteiger partial charge is 0.443 e. The summed E-state index contributed by atoms with van der Waals surface area (Å²) in [6, 6.07) is 4.39. The molecule has 0 saturated carbocycles. The summed E-state index contributed by atoms with van der Waals surface area (Å²) in [6.45, 7) is 7.10. The monoisotopic (exact) mass is 382 g/mol. The molecule has 1 atom stereocenters. The highest BCUT2D eigenvalue weighted by Gasteiger charge is 2.29. The van der Waals surface area contributed by atoms with Gasteiger partial charge in [0.15, 0.2) is 0 Å². The van der Waals surface area contributed by atoms with Crippen LogP contribution in [-0.2, 0) is 4.79 Å². The predicted molar refractivity (Wildman–Crippen MR) is 106 cm³/mol. The summed E-state index contributed by atoms with van der Waals surface area (Å²) in [5.41, 5.74) is 2.96. The number of nitrogens with zero attached hydrogens (tertiary/aromatic N) is 3. The van der Waals surface area contributed by atoms with Crippen LogP contribution in [0, 0.1) is 32.5 Å². The first-order chi connectivity index (χ1) is 13.4. The Morgan fingerprint density at radius 2 is 2.11 bits per heavy atom. The van der Waals surface area contributed by atoms with Crippen LogP contribution in [0.4, 0.5) is 15.9 Å². The number of fused-ring (bicyclic) bond motifs is 1. The first kappa shape index (κ1) is 18.4. The van der Waals surface area contributed by atoms with Crippen molar-refractivity contribution in [3.05, 3.63) is 47.2 Å². The fourth-order valence-electron chi connectivity index (χ4n) is 3.79. The molecule has 1 amide bonds. The maximum Gasteiger partial charge on any atom is 0.231 e. The lowest BCUT2D eigenvalue weighted by Gasteiger charge is -2.33. The van der Waals surface area contributed by atoms with E-state index in [0.29, 0.717) is 23.5 Å². The first-order valence-electron chi connectivity index (χ1n) is 9.46. The predicted octanol–water partition coefficient (Wildman–Crippen LogP) is 4.14. The van der Waals surface area contributed by atoms with Crippen LogP contribution in [-0.4, -0.2) is 29.0 Å². The Morgan fingerprint density at radius 3 is 2.89 bits per heavy atom. The van der Waals surface area contributed by atoms with Gasteiger partial charge in [0.05, 0.1) is 11.3 Å². The van der Waals surface area contributed by atoms with Crippen molar-refractivity contribution in [1.82, 2.24) is 9.97 Å². The summed E-state index contributed by atoms with van der Waals surface area (Å²) in [7, 11) is 0. The topological polar surface area (TPSA) is 71.3 Å². The van der Waals surface area contributed by atoms with Crippen LogP contribution in [0.15, 0.2) is 28.9 Å². The SMILES string of the molecule is Cc1cc(F)ccc1NC(=O)[C@H]1CCCN(c2ncnc3oc(C)c(C)c23)C1. The van der Waals surface area contributed by atoms with E-state index < -0.39 is 0 Å². The summed E-state index contributed by atoms with van der Waals surface area (Å²) >= 11 is 0. The van der Waals surface area contributed by atoms with Crippen LogP contribution in [0.1, 0.15) is 29.7 Å².